The normalized spacial score (nSPS) is 16.6. The molecular weight excluding hydrogens is 554 g/mol. The highest BCUT2D eigenvalue weighted by Crippen LogP contribution is 2.21. The zero-order valence-corrected chi connectivity index (χ0v) is 24.0. The van der Waals surface area contributed by atoms with Crippen molar-refractivity contribution in [3.63, 3.8) is 0 Å². The van der Waals surface area contributed by atoms with Gasteiger partial charge in [-0.1, -0.05) is 13.8 Å². The van der Waals surface area contributed by atoms with E-state index in [0.29, 0.717) is 12.8 Å². The van der Waals surface area contributed by atoms with Gasteiger partial charge in [0.05, 0.1) is 11.3 Å². The summed E-state index contributed by atoms with van der Waals surface area (Å²) in [6.45, 7) is 6.78. The molecule has 0 spiro atoms. The lowest BCUT2D eigenvalue weighted by molar-refractivity contribution is -0.384. The van der Waals surface area contributed by atoms with Gasteiger partial charge in [0.15, 0.2) is 0 Å². The monoisotopic (exact) mass is 591 g/mol. The molecular formula is C27H37N5O10. The number of nitrogens with zero attached hydrogens (tertiary/aromatic N) is 2. The molecule has 1 saturated heterocycles. The molecule has 0 bridgehead atoms. The Balaban J connectivity index is 2.01. The molecule has 0 unspecified atom stereocenters. The third-order valence-electron chi connectivity index (χ3n) is 6.48. The molecule has 1 aliphatic rings. The molecule has 4 N–H and O–H groups in total. The highest BCUT2D eigenvalue weighted by molar-refractivity contribution is 5.95. The van der Waals surface area contributed by atoms with Crippen molar-refractivity contribution in [2.75, 3.05) is 6.54 Å². The maximum Gasteiger partial charge on any atom is 0.334 e. The van der Waals surface area contributed by atoms with Gasteiger partial charge in [-0.05, 0) is 51.2 Å². The predicted octanol–water partition coefficient (Wildman–Crippen LogP) is 0.896. The van der Waals surface area contributed by atoms with Crippen LogP contribution >= 0.6 is 0 Å². The van der Waals surface area contributed by atoms with Crippen molar-refractivity contribution in [1.82, 2.24) is 20.9 Å². The quantitative estimate of drug-likeness (QED) is 0.104. The van der Waals surface area contributed by atoms with Crippen LogP contribution in [0.1, 0.15) is 59.8 Å². The van der Waals surface area contributed by atoms with Gasteiger partial charge < -0.3 is 30.7 Å². The van der Waals surface area contributed by atoms with E-state index < -0.39 is 64.7 Å². The second-order valence-electron chi connectivity index (χ2n) is 10.5. The number of benzene rings is 1. The van der Waals surface area contributed by atoms with E-state index in [0.717, 1.165) is 0 Å². The van der Waals surface area contributed by atoms with E-state index in [4.69, 9.17) is 9.84 Å². The number of carboxylic acids is 1. The number of likely N-dealkylation sites (tertiary alicyclic amines) is 1. The number of carbonyl (C=O) groups is 6. The second kappa shape index (κ2) is 15.4. The zero-order chi connectivity index (χ0) is 31.6. The lowest BCUT2D eigenvalue weighted by atomic mass is 10.0. The Labute approximate surface area is 242 Å². The summed E-state index contributed by atoms with van der Waals surface area (Å²) < 4.78 is 5.35. The molecule has 15 nitrogen and oxygen atoms in total. The lowest BCUT2D eigenvalue weighted by Gasteiger charge is -2.29. The molecule has 1 heterocycles. The first-order valence-electron chi connectivity index (χ1n) is 13.6. The Morgan fingerprint density at radius 2 is 1.64 bits per heavy atom. The molecule has 15 heteroatoms. The smallest absolute Gasteiger partial charge is 0.334 e. The molecule has 230 valence electrons. The van der Waals surface area contributed by atoms with Crippen LogP contribution in [-0.4, -0.2) is 81.2 Å². The number of non-ortho nitro benzene ring substituents is 1. The summed E-state index contributed by atoms with van der Waals surface area (Å²) in [4.78, 5) is 85.9. The van der Waals surface area contributed by atoms with E-state index in [1.807, 2.05) is 13.8 Å². The summed E-state index contributed by atoms with van der Waals surface area (Å²) in [5, 5.41) is 27.1. The van der Waals surface area contributed by atoms with Crippen molar-refractivity contribution in [2.45, 2.75) is 84.0 Å². The molecule has 1 aromatic rings. The number of amides is 4. The minimum absolute atomic E-state index is 0.0112. The lowest BCUT2D eigenvalue weighted by Crippen LogP contribution is -2.56. The summed E-state index contributed by atoms with van der Waals surface area (Å²) >= 11 is 0. The molecule has 42 heavy (non-hydrogen) atoms. The van der Waals surface area contributed by atoms with E-state index in [1.54, 1.807) is 0 Å². The van der Waals surface area contributed by atoms with Crippen molar-refractivity contribution in [3.05, 3.63) is 34.4 Å². The number of nitrogens with one attached hydrogen (secondary N) is 3. The van der Waals surface area contributed by atoms with Gasteiger partial charge in [0.25, 0.3) is 5.69 Å². The van der Waals surface area contributed by atoms with Crippen LogP contribution in [0, 0.1) is 16.0 Å². The van der Waals surface area contributed by atoms with E-state index >= 15 is 0 Å². The van der Waals surface area contributed by atoms with Gasteiger partial charge in [-0.25, -0.2) is 4.79 Å². The first-order chi connectivity index (χ1) is 19.7. The highest BCUT2D eigenvalue weighted by Gasteiger charge is 2.38. The van der Waals surface area contributed by atoms with Gasteiger partial charge in [0.2, 0.25) is 23.6 Å². The molecule has 0 aromatic heterocycles. The van der Waals surface area contributed by atoms with Crippen LogP contribution in [-0.2, 0) is 28.8 Å². The summed E-state index contributed by atoms with van der Waals surface area (Å²) in [5.74, 6) is -4.23. The van der Waals surface area contributed by atoms with Crippen LogP contribution in [0.25, 0.3) is 0 Å². The number of carbonyl (C=O) groups excluding carboxylic acids is 5. The standard InChI is InChI=1S/C27H37N5O10/c1-15(2)14-20(27(39)42-19-9-7-18(8-10-19)32(40)41)30-25(37)21-6-5-13-31(21)26(38)17(4)29-24(36)16(3)28-22(33)11-12-23(34)35/h7-10,15-17,20-21H,5-6,11-14H2,1-4H3,(H,28,33)(H,29,36)(H,30,37)(H,34,35)/t16-,17-,20-,21-/m0/s1. The molecule has 1 aromatic carbocycles. The number of carboxylic acid groups (broad SMARTS) is 1. The summed E-state index contributed by atoms with van der Waals surface area (Å²) in [5.41, 5.74) is -0.173. The van der Waals surface area contributed by atoms with E-state index in [1.165, 1.54) is 43.0 Å². The molecule has 2 rings (SSSR count). The zero-order valence-electron chi connectivity index (χ0n) is 24.0. The molecule has 0 radical (unpaired) electrons. The van der Waals surface area contributed by atoms with E-state index in [-0.39, 0.29) is 43.2 Å². The van der Waals surface area contributed by atoms with Crippen molar-refractivity contribution >= 4 is 41.3 Å². The molecule has 4 amide bonds. The SMILES string of the molecule is CC(C)C[C@H](NC(=O)[C@@H]1CCCN1C(=O)[C@H](C)NC(=O)[C@H](C)NC(=O)CCC(=O)O)C(=O)Oc1ccc([N+](=O)[O-])cc1. The minimum Gasteiger partial charge on any atom is -0.481 e. The highest BCUT2D eigenvalue weighted by atomic mass is 16.6. The van der Waals surface area contributed by atoms with Gasteiger partial charge in [-0.2, -0.15) is 0 Å². The second-order valence-corrected chi connectivity index (χ2v) is 10.5. The Bertz CT molecular complexity index is 1190. The number of nitro groups is 1. The predicted molar refractivity (Wildman–Crippen MR) is 147 cm³/mol. The Morgan fingerprint density at radius 3 is 2.21 bits per heavy atom. The van der Waals surface area contributed by atoms with Crippen LogP contribution < -0.4 is 20.7 Å². The van der Waals surface area contributed by atoms with Gasteiger partial charge in [0, 0.05) is 25.1 Å². The average molecular weight is 592 g/mol. The van der Waals surface area contributed by atoms with Gasteiger partial charge in [0.1, 0.15) is 29.9 Å². The number of aliphatic carboxylic acids is 1. The van der Waals surface area contributed by atoms with Crippen molar-refractivity contribution < 1.29 is 43.5 Å². The fourth-order valence-corrected chi connectivity index (χ4v) is 4.33. The Hall–Kier alpha value is -4.56. The number of ether oxygens (including phenoxy) is 1. The first kappa shape index (κ1) is 33.6. The fraction of sp³-hybridized carbons (Fsp3) is 0.556. The molecule has 1 aliphatic heterocycles. The number of hydrogen-bond donors (Lipinski definition) is 4. The van der Waals surface area contributed by atoms with Gasteiger partial charge >= 0.3 is 11.9 Å². The Morgan fingerprint density at radius 1 is 1.00 bits per heavy atom. The van der Waals surface area contributed by atoms with Crippen LogP contribution in [0.3, 0.4) is 0 Å². The van der Waals surface area contributed by atoms with Gasteiger partial charge in [-0.3, -0.25) is 34.1 Å². The molecule has 4 atom stereocenters. The fourth-order valence-electron chi connectivity index (χ4n) is 4.33. The van der Waals surface area contributed by atoms with Crippen LogP contribution in [0.15, 0.2) is 24.3 Å². The third kappa shape index (κ3) is 10.1. The van der Waals surface area contributed by atoms with Gasteiger partial charge in [-0.15, -0.1) is 0 Å². The maximum absolute atomic E-state index is 13.2. The molecule has 0 saturated carbocycles. The minimum atomic E-state index is -1.15. The number of rotatable bonds is 14. The largest absolute Gasteiger partial charge is 0.481 e. The number of hydrogen-bond acceptors (Lipinski definition) is 9. The van der Waals surface area contributed by atoms with Crippen LogP contribution in [0.5, 0.6) is 5.75 Å². The molecule has 0 aliphatic carbocycles. The molecule has 1 fully saturated rings. The van der Waals surface area contributed by atoms with Crippen molar-refractivity contribution in [1.29, 1.82) is 0 Å². The van der Waals surface area contributed by atoms with E-state index in [9.17, 15) is 38.9 Å². The van der Waals surface area contributed by atoms with Crippen LogP contribution in [0.4, 0.5) is 5.69 Å². The maximum atomic E-state index is 13.2. The first-order valence-corrected chi connectivity index (χ1v) is 13.6. The summed E-state index contributed by atoms with van der Waals surface area (Å²) in [6.07, 6.45) is 0.398. The van der Waals surface area contributed by atoms with Crippen LogP contribution in [0.2, 0.25) is 0 Å². The topological polar surface area (TPSA) is 214 Å². The van der Waals surface area contributed by atoms with Crippen molar-refractivity contribution in [3.8, 4) is 5.75 Å². The number of nitro benzene ring substituents is 1. The number of esters is 1. The average Bonchev–Trinajstić information content (AvgIpc) is 3.41. The Kier molecular flexibility index (Phi) is 12.4. The van der Waals surface area contributed by atoms with Crippen molar-refractivity contribution in [2.24, 2.45) is 5.92 Å². The van der Waals surface area contributed by atoms with E-state index in [2.05, 4.69) is 16.0 Å². The third-order valence-corrected chi connectivity index (χ3v) is 6.48. The summed E-state index contributed by atoms with van der Waals surface area (Å²) in [6, 6.07) is 0.920. The summed E-state index contributed by atoms with van der Waals surface area (Å²) in [7, 11) is 0.